The summed E-state index contributed by atoms with van der Waals surface area (Å²) in [7, 11) is -2.95. The Balaban J connectivity index is 1.40. The number of nitrogens with one attached hydrogen (secondary N) is 1. The quantitative estimate of drug-likeness (QED) is 0.767. The first-order valence-electron chi connectivity index (χ1n) is 8.12. The fourth-order valence-corrected chi connectivity index (χ4v) is 5.06. The van der Waals surface area contributed by atoms with E-state index in [9.17, 15) is 13.2 Å². The summed E-state index contributed by atoms with van der Waals surface area (Å²) in [6, 6.07) is -0.346. The number of sulfone groups is 1. The van der Waals surface area contributed by atoms with Gasteiger partial charge in [0, 0.05) is 45.4 Å². The Hall–Kier alpha value is -0.860. The second-order valence-corrected chi connectivity index (χ2v) is 8.70. The van der Waals surface area contributed by atoms with E-state index < -0.39 is 9.84 Å². The van der Waals surface area contributed by atoms with Crippen LogP contribution < -0.4 is 5.32 Å². The lowest BCUT2D eigenvalue weighted by Gasteiger charge is -2.36. The average molecular weight is 331 g/mol. The zero-order valence-corrected chi connectivity index (χ0v) is 13.7. The van der Waals surface area contributed by atoms with Gasteiger partial charge in [-0.25, -0.2) is 13.2 Å². The molecule has 3 heterocycles. The predicted octanol–water partition coefficient (Wildman–Crippen LogP) is -0.320. The molecule has 3 aliphatic heterocycles. The van der Waals surface area contributed by atoms with Crippen molar-refractivity contribution in [2.24, 2.45) is 0 Å². The predicted molar refractivity (Wildman–Crippen MR) is 82.6 cm³/mol. The number of amides is 2. The van der Waals surface area contributed by atoms with E-state index in [-0.39, 0.29) is 23.6 Å². The molecule has 1 N–H and O–H groups in total. The van der Waals surface area contributed by atoms with E-state index in [1.54, 1.807) is 4.90 Å². The first kappa shape index (κ1) is 16.0. The Morgan fingerprint density at radius 3 is 2.55 bits per heavy atom. The Morgan fingerprint density at radius 1 is 1.18 bits per heavy atom. The number of rotatable bonds is 3. The van der Waals surface area contributed by atoms with E-state index in [0.717, 1.165) is 39.1 Å². The summed E-state index contributed by atoms with van der Waals surface area (Å²) in [5.41, 5.74) is 0. The van der Waals surface area contributed by atoms with Crippen molar-refractivity contribution < 1.29 is 17.9 Å². The number of ether oxygens (including phenoxy) is 1. The van der Waals surface area contributed by atoms with Crippen LogP contribution in [0.4, 0.5) is 4.79 Å². The van der Waals surface area contributed by atoms with Gasteiger partial charge in [-0.05, 0) is 19.3 Å². The molecule has 0 aromatic rings. The number of nitrogens with zero attached hydrogens (tertiary/aromatic N) is 2. The molecule has 2 amide bonds. The SMILES string of the molecule is O=C(NC1CCS(=O)(=O)C1)N1CCN(CC2CCCO2)CC1. The highest BCUT2D eigenvalue weighted by molar-refractivity contribution is 7.91. The standard InChI is InChI=1S/C14H25N3O4S/c18-14(15-12-3-9-22(19,20)11-12)17-6-4-16(5-7-17)10-13-2-1-8-21-13/h12-13H,1-11H2,(H,15,18). The molecule has 0 aliphatic carbocycles. The topological polar surface area (TPSA) is 79.0 Å². The highest BCUT2D eigenvalue weighted by Crippen LogP contribution is 2.15. The molecule has 0 aromatic heterocycles. The van der Waals surface area contributed by atoms with Gasteiger partial charge < -0.3 is 15.0 Å². The van der Waals surface area contributed by atoms with Gasteiger partial charge in [0.25, 0.3) is 0 Å². The number of carbonyl (C=O) groups excluding carboxylic acids is 1. The van der Waals surface area contributed by atoms with E-state index in [4.69, 9.17) is 4.74 Å². The van der Waals surface area contributed by atoms with Crippen molar-refractivity contribution >= 4 is 15.9 Å². The molecule has 3 fully saturated rings. The molecule has 0 spiro atoms. The maximum absolute atomic E-state index is 12.2. The van der Waals surface area contributed by atoms with Crippen LogP contribution in [0.15, 0.2) is 0 Å². The molecule has 0 aromatic carbocycles. The Kier molecular flexibility index (Phi) is 4.89. The smallest absolute Gasteiger partial charge is 0.317 e. The Labute approximate surface area is 131 Å². The first-order chi connectivity index (χ1) is 10.5. The average Bonchev–Trinajstić information content (AvgIpc) is 3.09. The van der Waals surface area contributed by atoms with E-state index in [2.05, 4.69) is 10.2 Å². The highest BCUT2D eigenvalue weighted by atomic mass is 32.2. The molecule has 0 radical (unpaired) electrons. The Bertz CT molecular complexity index is 496. The summed E-state index contributed by atoms with van der Waals surface area (Å²) >= 11 is 0. The molecule has 3 saturated heterocycles. The molecule has 3 rings (SSSR count). The van der Waals surface area contributed by atoms with Crippen molar-refractivity contribution in [3.8, 4) is 0 Å². The third-order valence-electron chi connectivity index (χ3n) is 4.71. The van der Waals surface area contributed by atoms with Gasteiger partial charge in [0.2, 0.25) is 0 Å². The highest BCUT2D eigenvalue weighted by Gasteiger charge is 2.31. The minimum Gasteiger partial charge on any atom is -0.377 e. The third kappa shape index (κ3) is 4.11. The molecular formula is C14H25N3O4S. The number of hydrogen-bond donors (Lipinski definition) is 1. The van der Waals surface area contributed by atoms with Gasteiger partial charge in [-0.1, -0.05) is 0 Å². The maximum Gasteiger partial charge on any atom is 0.317 e. The molecule has 126 valence electrons. The van der Waals surface area contributed by atoms with Crippen LogP contribution >= 0.6 is 0 Å². The second kappa shape index (κ2) is 6.72. The van der Waals surface area contributed by atoms with Crippen molar-refractivity contribution in [2.45, 2.75) is 31.4 Å². The van der Waals surface area contributed by atoms with Gasteiger partial charge in [0.15, 0.2) is 9.84 Å². The van der Waals surface area contributed by atoms with Gasteiger partial charge in [-0.2, -0.15) is 0 Å². The van der Waals surface area contributed by atoms with Gasteiger partial charge in [0.05, 0.1) is 17.6 Å². The van der Waals surface area contributed by atoms with Gasteiger partial charge in [0.1, 0.15) is 0 Å². The Morgan fingerprint density at radius 2 is 1.95 bits per heavy atom. The van der Waals surface area contributed by atoms with Crippen LogP contribution in [0.25, 0.3) is 0 Å². The first-order valence-corrected chi connectivity index (χ1v) is 9.94. The second-order valence-electron chi connectivity index (χ2n) is 6.47. The normalized spacial score (nSPS) is 32.3. The minimum absolute atomic E-state index is 0.0811. The fourth-order valence-electron chi connectivity index (χ4n) is 3.38. The van der Waals surface area contributed by atoms with Gasteiger partial charge in [-0.3, -0.25) is 4.90 Å². The van der Waals surface area contributed by atoms with Crippen molar-refractivity contribution in [3.05, 3.63) is 0 Å². The maximum atomic E-state index is 12.2. The summed E-state index contributed by atoms with van der Waals surface area (Å²) in [6.45, 7) is 4.93. The summed E-state index contributed by atoms with van der Waals surface area (Å²) in [5.74, 6) is 0.269. The van der Waals surface area contributed by atoms with E-state index in [1.807, 2.05) is 0 Å². The van der Waals surface area contributed by atoms with Crippen molar-refractivity contribution in [1.82, 2.24) is 15.1 Å². The van der Waals surface area contributed by atoms with Crippen LogP contribution in [0.3, 0.4) is 0 Å². The molecule has 2 atom stereocenters. The van der Waals surface area contributed by atoms with Gasteiger partial charge in [-0.15, -0.1) is 0 Å². The van der Waals surface area contributed by atoms with Crippen LogP contribution in [0.5, 0.6) is 0 Å². The molecule has 3 aliphatic rings. The molecule has 8 heteroatoms. The molecule has 22 heavy (non-hydrogen) atoms. The lowest BCUT2D eigenvalue weighted by Crippen LogP contribution is -2.54. The van der Waals surface area contributed by atoms with E-state index in [1.165, 1.54) is 0 Å². The van der Waals surface area contributed by atoms with Crippen LogP contribution in [-0.4, -0.2) is 87.2 Å². The zero-order chi connectivity index (χ0) is 15.6. The summed E-state index contributed by atoms with van der Waals surface area (Å²) < 4.78 is 28.5. The van der Waals surface area contributed by atoms with Crippen LogP contribution in [0.1, 0.15) is 19.3 Å². The fraction of sp³-hybridized carbons (Fsp3) is 0.929. The summed E-state index contributed by atoms with van der Waals surface area (Å²) in [4.78, 5) is 16.3. The molecule has 0 bridgehead atoms. The minimum atomic E-state index is -2.95. The number of piperazine rings is 1. The number of carbonyl (C=O) groups is 1. The van der Waals surface area contributed by atoms with E-state index in [0.29, 0.717) is 25.6 Å². The van der Waals surface area contributed by atoms with E-state index >= 15 is 0 Å². The largest absolute Gasteiger partial charge is 0.377 e. The van der Waals surface area contributed by atoms with Crippen LogP contribution in [0.2, 0.25) is 0 Å². The van der Waals surface area contributed by atoms with Gasteiger partial charge >= 0.3 is 6.03 Å². The molecular weight excluding hydrogens is 306 g/mol. The molecule has 0 saturated carbocycles. The molecule has 7 nitrogen and oxygen atoms in total. The van der Waals surface area contributed by atoms with Crippen molar-refractivity contribution in [1.29, 1.82) is 0 Å². The lowest BCUT2D eigenvalue weighted by atomic mass is 10.2. The zero-order valence-electron chi connectivity index (χ0n) is 12.9. The summed E-state index contributed by atoms with van der Waals surface area (Å²) in [5, 5.41) is 2.86. The number of hydrogen-bond acceptors (Lipinski definition) is 5. The summed E-state index contributed by atoms with van der Waals surface area (Å²) in [6.07, 6.45) is 3.17. The third-order valence-corrected chi connectivity index (χ3v) is 6.47. The van der Waals surface area contributed by atoms with Crippen molar-refractivity contribution in [3.63, 3.8) is 0 Å². The number of urea groups is 1. The van der Waals surface area contributed by atoms with Crippen LogP contribution in [-0.2, 0) is 14.6 Å². The van der Waals surface area contributed by atoms with Crippen molar-refractivity contribution in [2.75, 3.05) is 50.8 Å². The molecule has 2 unspecified atom stereocenters. The monoisotopic (exact) mass is 331 g/mol. The lowest BCUT2D eigenvalue weighted by molar-refractivity contribution is 0.0559. The van der Waals surface area contributed by atoms with Crippen LogP contribution in [0, 0.1) is 0 Å².